The SMILES string of the molecule is Cc1ncn(-c2ccc(NC(=O)C(C)(C)CCN)cc2)c1C. The highest BCUT2D eigenvalue weighted by Gasteiger charge is 2.26. The maximum atomic E-state index is 12.3. The molecule has 0 aliphatic heterocycles. The van der Waals surface area contributed by atoms with Crippen LogP contribution in [0, 0.1) is 19.3 Å². The van der Waals surface area contributed by atoms with Gasteiger partial charge in [-0.15, -0.1) is 0 Å². The van der Waals surface area contributed by atoms with Crippen molar-refractivity contribution in [1.82, 2.24) is 9.55 Å². The molecular weight excluding hydrogens is 276 g/mol. The summed E-state index contributed by atoms with van der Waals surface area (Å²) in [5.74, 6) is -0.0136. The normalized spacial score (nSPS) is 11.5. The fourth-order valence-electron chi connectivity index (χ4n) is 2.24. The minimum absolute atomic E-state index is 0.0136. The van der Waals surface area contributed by atoms with Gasteiger partial charge in [-0.1, -0.05) is 13.8 Å². The molecule has 2 aromatic rings. The molecule has 1 aromatic heterocycles. The average molecular weight is 300 g/mol. The van der Waals surface area contributed by atoms with Gasteiger partial charge in [-0.3, -0.25) is 4.79 Å². The van der Waals surface area contributed by atoms with Gasteiger partial charge in [0.2, 0.25) is 5.91 Å². The number of nitrogens with one attached hydrogen (secondary N) is 1. The number of hydrogen-bond donors (Lipinski definition) is 2. The first-order chi connectivity index (χ1) is 10.3. The number of amides is 1. The second-order valence-corrected chi connectivity index (χ2v) is 6.21. The lowest BCUT2D eigenvalue weighted by Crippen LogP contribution is -2.32. The van der Waals surface area contributed by atoms with E-state index in [9.17, 15) is 4.79 Å². The molecule has 0 atom stereocenters. The Balaban J connectivity index is 2.13. The largest absolute Gasteiger partial charge is 0.330 e. The molecule has 0 unspecified atom stereocenters. The van der Waals surface area contributed by atoms with Crippen molar-refractivity contribution < 1.29 is 4.79 Å². The molecular formula is C17H24N4O. The molecule has 0 saturated carbocycles. The molecule has 22 heavy (non-hydrogen) atoms. The number of hydrogen-bond acceptors (Lipinski definition) is 3. The first-order valence-electron chi connectivity index (χ1n) is 7.47. The van der Waals surface area contributed by atoms with E-state index in [2.05, 4.69) is 10.3 Å². The minimum Gasteiger partial charge on any atom is -0.330 e. The predicted molar refractivity (Wildman–Crippen MR) is 89.1 cm³/mol. The van der Waals surface area contributed by atoms with Crippen molar-refractivity contribution in [3.63, 3.8) is 0 Å². The standard InChI is InChI=1S/C17H24N4O/c1-12-13(2)21(11-19-12)15-7-5-14(6-8-15)20-16(22)17(3,4)9-10-18/h5-8,11H,9-10,18H2,1-4H3,(H,20,22). The first-order valence-corrected chi connectivity index (χ1v) is 7.47. The molecule has 0 radical (unpaired) electrons. The van der Waals surface area contributed by atoms with Crippen LogP contribution >= 0.6 is 0 Å². The second kappa shape index (κ2) is 6.32. The number of benzene rings is 1. The van der Waals surface area contributed by atoms with E-state index >= 15 is 0 Å². The van der Waals surface area contributed by atoms with Crippen molar-refractivity contribution in [3.05, 3.63) is 42.0 Å². The zero-order valence-corrected chi connectivity index (χ0v) is 13.7. The molecule has 0 saturated heterocycles. The lowest BCUT2D eigenvalue weighted by molar-refractivity contribution is -0.124. The molecule has 0 bridgehead atoms. The van der Waals surface area contributed by atoms with E-state index < -0.39 is 5.41 Å². The summed E-state index contributed by atoms with van der Waals surface area (Å²) >= 11 is 0. The molecule has 1 heterocycles. The van der Waals surface area contributed by atoms with E-state index in [4.69, 9.17) is 5.73 Å². The first kappa shape index (κ1) is 16.2. The monoisotopic (exact) mass is 300 g/mol. The fourth-order valence-corrected chi connectivity index (χ4v) is 2.24. The molecule has 1 aromatic carbocycles. The predicted octanol–water partition coefficient (Wildman–Crippen LogP) is 2.80. The van der Waals surface area contributed by atoms with E-state index in [0.29, 0.717) is 13.0 Å². The number of aryl methyl sites for hydroxylation is 1. The number of anilines is 1. The van der Waals surface area contributed by atoms with E-state index in [-0.39, 0.29) is 5.91 Å². The van der Waals surface area contributed by atoms with Gasteiger partial charge in [-0.2, -0.15) is 0 Å². The summed E-state index contributed by atoms with van der Waals surface area (Å²) in [6.07, 6.45) is 2.47. The summed E-state index contributed by atoms with van der Waals surface area (Å²) in [6.45, 7) is 8.33. The van der Waals surface area contributed by atoms with E-state index in [1.54, 1.807) is 0 Å². The molecule has 0 aliphatic carbocycles. The van der Waals surface area contributed by atoms with Crippen LogP contribution in [0.15, 0.2) is 30.6 Å². The highest BCUT2D eigenvalue weighted by Crippen LogP contribution is 2.23. The Hall–Kier alpha value is -2.14. The van der Waals surface area contributed by atoms with Crippen molar-refractivity contribution in [2.75, 3.05) is 11.9 Å². The third-order valence-corrected chi connectivity index (χ3v) is 4.04. The van der Waals surface area contributed by atoms with Gasteiger partial charge in [0, 0.05) is 22.5 Å². The number of nitrogens with zero attached hydrogens (tertiary/aromatic N) is 2. The number of aromatic nitrogens is 2. The van der Waals surface area contributed by atoms with Crippen LogP contribution in [0.4, 0.5) is 5.69 Å². The summed E-state index contributed by atoms with van der Waals surface area (Å²) in [6, 6.07) is 7.75. The molecule has 1 amide bonds. The number of imidazole rings is 1. The molecule has 5 nitrogen and oxygen atoms in total. The van der Waals surface area contributed by atoms with E-state index in [1.165, 1.54) is 0 Å². The average Bonchev–Trinajstić information content (AvgIpc) is 2.80. The number of carbonyl (C=O) groups excluding carboxylic acids is 1. The van der Waals surface area contributed by atoms with Crippen LogP contribution in [0.25, 0.3) is 5.69 Å². The lowest BCUT2D eigenvalue weighted by atomic mass is 9.88. The van der Waals surface area contributed by atoms with Crippen LogP contribution in [0.2, 0.25) is 0 Å². The fraction of sp³-hybridized carbons (Fsp3) is 0.412. The zero-order valence-electron chi connectivity index (χ0n) is 13.7. The Labute approximate surface area is 131 Å². The molecule has 0 aliphatic rings. The summed E-state index contributed by atoms with van der Waals surface area (Å²) < 4.78 is 2.03. The molecule has 0 spiro atoms. The van der Waals surface area contributed by atoms with Crippen LogP contribution in [-0.2, 0) is 4.79 Å². The number of nitrogens with two attached hydrogens (primary N) is 1. The number of carbonyl (C=O) groups is 1. The topological polar surface area (TPSA) is 72.9 Å². The van der Waals surface area contributed by atoms with Crippen LogP contribution < -0.4 is 11.1 Å². The maximum absolute atomic E-state index is 12.3. The summed E-state index contributed by atoms with van der Waals surface area (Å²) in [5, 5.41) is 2.95. The van der Waals surface area contributed by atoms with Gasteiger partial charge in [0.1, 0.15) is 0 Å². The molecule has 0 fully saturated rings. The third-order valence-electron chi connectivity index (χ3n) is 4.04. The quantitative estimate of drug-likeness (QED) is 0.891. The van der Waals surface area contributed by atoms with Crippen molar-refractivity contribution in [1.29, 1.82) is 0 Å². The van der Waals surface area contributed by atoms with Crippen LogP contribution in [0.3, 0.4) is 0 Å². The highest BCUT2D eigenvalue weighted by molar-refractivity contribution is 5.94. The Morgan fingerprint density at radius 2 is 1.91 bits per heavy atom. The van der Waals surface area contributed by atoms with Crippen molar-refractivity contribution in [2.24, 2.45) is 11.1 Å². The summed E-state index contributed by atoms with van der Waals surface area (Å²) in [7, 11) is 0. The van der Waals surface area contributed by atoms with Crippen molar-refractivity contribution in [3.8, 4) is 5.69 Å². The Kier molecular flexibility index (Phi) is 4.66. The zero-order chi connectivity index (χ0) is 16.3. The smallest absolute Gasteiger partial charge is 0.230 e. The highest BCUT2D eigenvalue weighted by atomic mass is 16.2. The Morgan fingerprint density at radius 1 is 1.27 bits per heavy atom. The van der Waals surface area contributed by atoms with Crippen LogP contribution in [0.1, 0.15) is 31.7 Å². The second-order valence-electron chi connectivity index (χ2n) is 6.21. The van der Waals surface area contributed by atoms with Gasteiger partial charge in [0.15, 0.2) is 0 Å². The third kappa shape index (κ3) is 3.36. The van der Waals surface area contributed by atoms with Crippen molar-refractivity contribution in [2.45, 2.75) is 34.1 Å². The van der Waals surface area contributed by atoms with Crippen molar-refractivity contribution >= 4 is 11.6 Å². The summed E-state index contributed by atoms with van der Waals surface area (Å²) in [4.78, 5) is 16.6. The molecule has 118 valence electrons. The van der Waals surface area contributed by atoms with E-state index in [1.807, 2.05) is 62.9 Å². The van der Waals surface area contributed by atoms with Gasteiger partial charge in [-0.25, -0.2) is 4.98 Å². The minimum atomic E-state index is -0.467. The Bertz CT molecular complexity index is 656. The maximum Gasteiger partial charge on any atom is 0.230 e. The van der Waals surface area contributed by atoms with Gasteiger partial charge in [0.05, 0.1) is 12.0 Å². The van der Waals surface area contributed by atoms with Crippen LogP contribution in [-0.4, -0.2) is 22.0 Å². The van der Waals surface area contributed by atoms with E-state index in [0.717, 1.165) is 22.8 Å². The molecule has 2 rings (SSSR count). The number of rotatable bonds is 5. The molecule has 5 heteroatoms. The lowest BCUT2D eigenvalue weighted by Gasteiger charge is -2.22. The Morgan fingerprint density at radius 3 is 2.41 bits per heavy atom. The summed E-state index contributed by atoms with van der Waals surface area (Å²) in [5.41, 5.74) is 9.03. The van der Waals surface area contributed by atoms with Gasteiger partial charge in [-0.05, 0) is 51.1 Å². The van der Waals surface area contributed by atoms with Gasteiger partial charge in [0.25, 0.3) is 0 Å². The molecule has 3 N–H and O–H groups in total. The van der Waals surface area contributed by atoms with Gasteiger partial charge < -0.3 is 15.6 Å². The van der Waals surface area contributed by atoms with Crippen LogP contribution in [0.5, 0.6) is 0 Å². The van der Waals surface area contributed by atoms with Gasteiger partial charge >= 0.3 is 0 Å².